The molecule has 1 aliphatic heterocycles. The van der Waals surface area contributed by atoms with E-state index in [1.54, 1.807) is 6.07 Å². The Balaban J connectivity index is 2.28. The van der Waals surface area contributed by atoms with Crippen LogP contribution in [-0.2, 0) is 4.79 Å². The average molecular weight is 217 g/mol. The molecule has 1 amide bonds. The van der Waals surface area contributed by atoms with Gasteiger partial charge in [0.15, 0.2) is 0 Å². The molecule has 0 atom stereocenters. The van der Waals surface area contributed by atoms with E-state index in [9.17, 15) is 4.79 Å². The van der Waals surface area contributed by atoms with Gasteiger partial charge in [0.1, 0.15) is 0 Å². The smallest absolute Gasteiger partial charge is 0.253 e. The number of carbonyl (C=O) groups is 1. The van der Waals surface area contributed by atoms with E-state index in [2.05, 4.69) is 12.0 Å². The summed E-state index contributed by atoms with van der Waals surface area (Å²) in [6, 6.07) is 7.28. The van der Waals surface area contributed by atoms with Crippen molar-refractivity contribution in [1.82, 2.24) is 0 Å². The third-order valence-electron chi connectivity index (χ3n) is 2.54. The molecule has 1 heterocycles. The Hall–Kier alpha value is -1.84. The first-order valence-corrected chi connectivity index (χ1v) is 5.46. The number of carbonyl (C=O) groups excluding carboxylic acids is 1. The first-order chi connectivity index (χ1) is 7.72. The van der Waals surface area contributed by atoms with Crippen LogP contribution >= 0.6 is 0 Å². The molecule has 4 heteroatoms. The van der Waals surface area contributed by atoms with Gasteiger partial charge in [0.25, 0.3) is 5.91 Å². The van der Waals surface area contributed by atoms with Crippen LogP contribution in [0.2, 0.25) is 0 Å². The molecule has 1 aromatic carbocycles. The van der Waals surface area contributed by atoms with Gasteiger partial charge in [0.05, 0.1) is 17.8 Å². The summed E-state index contributed by atoms with van der Waals surface area (Å²) < 4.78 is 0. The minimum absolute atomic E-state index is 0.00125. The zero-order valence-corrected chi connectivity index (χ0v) is 9.31. The quantitative estimate of drug-likeness (QED) is 0.789. The maximum Gasteiger partial charge on any atom is 0.253 e. The summed E-state index contributed by atoms with van der Waals surface area (Å²) in [6.07, 6.45) is 2.29. The molecule has 84 valence electrons. The lowest BCUT2D eigenvalue weighted by atomic mass is 10.2. The van der Waals surface area contributed by atoms with Crippen LogP contribution < -0.4 is 10.7 Å². The van der Waals surface area contributed by atoms with Gasteiger partial charge in [0, 0.05) is 5.71 Å². The highest BCUT2D eigenvalue weighted by Gasteiger charge is 2.25. The van der Waals surface area contributed by atoms with Crippen molar-refractivity contribution in [2.45, 2.75) is 26.2 Å². The van der Waals surface area contributed by atoms with Gasteiger partial charge in [-0.2, -0.15) is 10.1 Å². The number of anilines is 2. The molecule has 0 bridgehead atoms. The number of nitrogens with two attached hydrogens (primary N) is 1. The predicted octanol–water partition coefficient (Wildman–Crippen LogP) is 2.16. The van der Waals surface area contributed by atoms with E-state index >= 15 is 0 Å². The molecule has 0 aromatic heterocycles. The number of amides is 1. The van der Waals surface area contributed by atoms with E-state index in [-0.39, 0.29) is 5.91 Å². The molecule has 16 heavy (non-hydrogen) atoms. The largest absolute Gasteiger partial charge is 0.397 e. The maximum atomic E-state index is 11.8. The number of nitrogens with zero attached hydrogens (tertiary/aromatic N) is 2. The van der Waals surface area contributed by atoms with Crippen LogP contribution in [0.4, 0.5) is 11.4 Å². The second-order valence-corrected chi connectivity index (χ2v) is 3.86. The summed E-state index contributed by atoms with van der Waals surface area (Å²) in [5, 5.41) is 5.73. The molecule has 2 rings (SSSR count). The van der Waals surface area contributed by atoms with Crippen molar-refractivity contribution in [3.8, 4) is 0 Å². The van der Waals surface area contributed by atoms with Crippen LogP contribution in [-0.4, -0.2) is 11.6 Å². The highest BCUT2D eigenvalue weighted by Crippen LogP contribution is 2.27. The van der Waals surface area contributed by atoms with Crippen LogP contribution in [0.3, 0.4) is 0 Å². The van der Waals surface area contributed by atoms with Crippen LogP contribution in [0.5, 0.6) is 0 Å². The van der Waals surface area contributed by atoms with Gasteiger partial charge < -0.3 is 5.73 Å². The molecular weight excluding hydrogens is 202 g/mol. The number of para-hydroxylation sites is 2. The normalized spacial score (nSPS) is 15.4. The lowest BCUT2D eigenvalue weighted by Gasteiger charge is -2.13. The molecule has 0 saturated heterocycles. The Morgan fingerprint density at radius 2 is 2.19 bits per heavy atom. The van der Waals surface area contributed by atoms with Crippen LogP contribution in [0.15, 0.2) is 29.4 Å². The number of hydrogen-bond donors (Lipinski definition) is 1. The molecule has 1 aliphatic rings. The number of rotatable bonds is 3. The summed E-state index contributed by atoms with van der Waals surface area (Å²) in [6.45, 7) is 2.08. The average Bonchev–Trinajstić information content (AvgIpc) is 2.61. The van der Waals surface area contributed by atoms with E-state index in [0.29, 0.717) is 17.8 Å². The van der Waals surface area contributed by atoms with Crippen LogP contribution in [0.25, 0.3) is 0 Å². The van der Waals surface area contributed by atoms with Crippen molar-refractivity contribution >= 4 is 23.0 Å². The first-order valence-electron chi connectivity index (χ1n) is 5.46. The van der Waals surface area contributed by atoms with Crippen molar-refractivity contribution < 1.29 is 4.79 Å². The monoisotopic (exact) mass is 217 g/mol. The fourth-order valence-corrected chi connectivity index (χ4v) is 1.78. The van der Waals surface area contributed by atoms with Gasteiger partial charge in [-0.05, 0) is 18.6 Å². The number of benzene rings is 1. The van der Waals surface area contributed by atoms with Crippen molar-refractivity contribution in [1.29, 1.82) is 0 Å². The van der Waals surface area contributed by atoms with Gasteiger partial charge in [-0.3, -0.25) is 4.79 Å². The summed E-state index contributed by atoms with van der Waals surface area (Å²) >= 11 is 0. The lowest BCUT2D eigenvalue weighted by Crippen LogP contribution is -2.20. The molecule has 0 saturated carbocycles. The summed E-state index contributed by atoms with van der Waals surface area (Å²) in [5.74, 6) is 0.00125. The molecule has 0 unspecified atom stereocenters. The van der Waals surface area contributed by atoms with E-state index in [4.69, 9.17) is 5.73 Å². The van der Waals surface area contributed by atoms with Gasteiger partial charge in [-0.25, -0.2) is 0 Å². The Bertz CT molecular complexity index is 440. The number of hydrogen-bond acceptors (Lipinski definition) is 3. The van der Waals surface area contributed by atoms with Crippen LogP contribution in [0, 0.1) is 0 Å². The van der Waals surface area contributed by atoms with E-state index in [1.165, 1.54) is 5.01 Å². The van der Waals surface area contributed by atoms with Crippen molar-refractivity contribution in [3.05, 3.63) is 24.3 Å². The molecule has 0 fully saturated rings. The van der Waals surface area contributed by atoms with E-state index < -0.39 is 0 Å². The van der Waals surface area contributed by atoms with Gasteiger partial charge in [0.2, 0.25) is 0 Å². The van der Waals surface area contributed by atoms with Crippen molar-refractivity contribution in [2.75, 3.05) is 10.7 Å². The highest BCUT2D eigenvalue weighted by atomic mass is 16.2. The third kappa shape index (κ3) is 1.91. The molecule has 0 radical (unpaired) electrons. The lowest BCUT2D eigenvalue weighted by molar-refractivity contribution is -0.116. The fourth-order valence-electron chi connectivity index (χ4n) is 1.78. The predicted molar refractivity (Wildman–Crippen MR) is 65.3 cm³/mol. The second kappa shape index (κ2) is 4.35. The van der Waals surface area contributed by atoms with Crippen molar-refractivity contribution in [2.24, 2.45) is 5.10 Å². The topological polar surface area (TPSA) is 58.7 Å². The standard InChI is InChI=1S/C12H15N3O/c1-2-5-9-8-12(16)15(14-9)11-7-4-3-6-10(11)13/h3-4,6-7H,2,5,8,13H2,1H3. The minimum atomic E-state index is 0.00125. The molecule has 0 spiro atoms. The zero-order valence-electron chi connectivity index (χ0n) is 9.31. The fraction of sp³-hybridized carbons (Fsp3) is 0.333. The maximum absolute atomic E-state index is 11.8. The summed E-state index contributed by atoms with van der Waals surface area (Å²) in [4.78, 5) is 11.8. The third-order valence-corrected chi connectivity index (χ3v) is 2.54. The number of hydrazone groups is 1. The number of nitrogen functional groups attached to an aromatic ring is 1. The van der Waals surface area contributed by atoms with E-state index in [0.717, 1.165) is 18.6 Å². The molecule has 0 aliphatic carbocycles. The minimum Gasteiger partial charge on any atom is -0.397 e. The Labute approximate surface area is 94.7 Å². The molecule has 2 N–H and O–H groups in total. The second-order valence-electron chi connectivity index (χ2n) is 3.86. The zero-order chi connectivity index (χ0) is 11.5. The van der Waals surface area contributed by atoms with E-state index in [1.807, 2.05) is 18.2 Å². The Morgan fingerprint density at radius 3 is 2.88 bits per heavy atom. The molecule has 1 aromatic rings. The molecular formula is C12H15N3O. The van der Waals surface area contributed by atoms with Crippen molar-refractivity contribution in [3.63, 3.8) is 0 Å². The molecule has 4 nitrogen and oxygen atoms in total. The van der Waals surface area contributed by atoms with Gasteiger partial charge in [-0.15, -0.1) is 0 Å². The first kappa shape index (κ1) is 10.7. The van der Waals surface area contributed by atoms with Crippen LogP contribution in [0.1, 0.15) is 26.2 Å². The van der Waals surface area contributed by atoms with Gasteiger partial charge in [-0.1, -0.05) is 25.5 Å². The highest BCUT2D eigenvalue weighted by molar-refractivity contribution is 6.13. The SMILES string of the molecule is CCCC1=NN(c2ccccc2N)C(=O)C1. The summed E-state index contributed by atoms with van der Waals surface area (Å²) in [5.41, 5.74) is 8.02. The Kier molecular flexibility index (Phi) is 2.90. The van der Waals surface area contributed by atoms with Gasteiger partial charge >= 0.3 is 0 Å². The Morgan fingerprint density at radius 1 is 1.44 bits per heavy atom. The summed E-state index contributed by atoms with van der Waals surface area (Å²) in [7, 11) is 0.